The van der Waals surface area contributed by atoms with E-state index in [1.54, 1.807) is 6.33 Å². The maximum absolute atomic E-state index is 4.71. The van der Waals surface area contributed by atoms with Gasteiger partial charge in [-0.2, -0.15) is 0 Å². The third-order valence-corrected chi connectivity index (χ3v) is 6.02. The highest BCUT2D eigenvalue weighted by molar-refractivity contribution is 5.79. The van der Waals surface area contributed by atoms with Gasteiger partial charge in [0.1, 0.15) is 24.3 Å². The van der Waals surface area contributed by atoms with E-state index >= 15 is 0 Å². The van der Waals surface area contributed by atoms with Crippen molar-refractivity contribution in [3.05, 3.63) is 70.8 Å². The smallest absolute Gasteiger partial charge is 0.147 e. The van der Waals surface area contributed by atoms with Gasteiger partial charge in [0, 0.05) is 18.3 Å². The van der Waals surface area contributed by atoms with E-state index in [0.29, 0.717) is 5.92 Å². The van der Waals surface area contributed by atoms with Crippen molar-refractivity contribution in [2.24, 2.45) is 0 Å². The molecule has 0 saturated carbocycles. The Bertz CT molecular complexity index is 1250. The van der Waals surface area contributed by atoms with Gasteiger partial charge < -0.3 is 4.90 Å². The van der Waals surface area contributed by atoms with Crippen LogP contribution in [0.1, 0.15) is 40.7 Å². The standard InChI is InChI=1S/C24H25N5/c1-14-6-7-20-19(9-14)27-13-29(20)24-18-11-17(4)22-16(3)8-15(2)10-21(22)28(5)23(18)25-12-26-24/h6-10,12-13,17H,11H2,1-5H3. The number of fused-ring (bicyclic) bond motifs is 3. The summed E-state index contributed by atoms with van der Waals surface area (Å²) in [5, 5.41) is 0. The summed E-state index contributed by atoms with van der Waals surface area (Å²) in [6, 6.07) is 10.9. The molecule has 4 aromatic rings. The summed E-state index contributed by atoms with van der Waals surface area (Å²) in [7, 11) is 2.11. The molecule has 0 saturated heterocycles. The number of imidazole rings is 1. The molecule has 0 fully saturated rings. The summed E-state index contributed by atoms with van der Waals surface area (Å²) in [4.78, 5) is 16.2. The molecular formula is C24H25N5. The van der Waals surface area contributed by atoms with Crippen molar-refractivity contribution in [2.45, 2.75) is 40.0 Å². The Balaban J connectivity index is 1.74. The molecule has 29 heavy (non-hydrogen) atoms. The summed E-state index contributed by atoms with van der Waals surface area (Å²) >= 11 is 0. The summed E-state index contributed by atoms with van der Waals surface area (Å²) in [5.41, 5.74) is 9.68. The second-order valence-electron chi connectivity index (χ2n) is 8.28. The molecule has 146 valence electrons. The predicted octanol–water partition coefficient (Wildman–Crippen LogP) is 5.17. The number of aryl methyl sites for hydroxylation is 3. The average Bonchev–Trinajstić information content (AvgIpc) is 3.05. The quantitative estimate of drug-likeness (QED) is 0.455. The zero-order valence-corrected chi connectivity index (χ0v) is 17.6. The number of benzene rings is 2. The molecule has 2 aromatic heterocycles. The maximum Gasteiger partial charge on any atom is 0.147 e. The van der Waals surface area contributed by atoms with Crippen LogP contribution < -0.4 is 4.90 Å². The lowest BCUT2D eigenvalue weighted by molar-refractivity contribution is 0.750. The Morgan fingerprint density at radius 1 is 0.931 bits per heavy atom. The fraction of sp³-hybridized carbons (Fsp3) is 0.292. The monoisotopic (exact) mass is 383 g/mol. The average molecular weight is 383 g/mol. The molecule has 1 aliphatic rings. The van der Waals surface area contributed by atoms with E-state index in [0.717, 1.165) is 34.7 Å². The summed E-state index contributed by atoms with van der Waals surface area (Å²) < 4.78 is 2.10. The summed E-state index contributed by atoms with van der Waals surface area (Å²) in [6.07, 6.45) is 4.44. The van der Waals surface area contributed by atoms with Crippen molar-refractivity contribution < 1.29 is 0 Å². The molecule has 2 aromatic carbocycles. The molecule has 5 nitrogen and oxygen atoms in total. The van der Waals surface area contributed by atoms with Crippen LogP contribution >= 0.6 is 0 Å². The third kappa shape index (κ3) is 2.72. The molecule has 5 heteroatoms. The first kappa shape index (κ1) is 17.9. The van der Waals surface area contributed by atoms with Crippen LogP contribution in [0.4, 0.5) is 11.5 Å². The lowest BCUT2D eigenvalue weighted by atomic mass is 9.90. The van der Waals surface area contributed by atoms with Crippen LogP contribution in [0.15, 0.2) is 43.0 Å². The number of nitrogens with zero attached hydrogens (tertiary/aromatic N) is 5. The highest BCUT2D eigenvalue weighted by Gasteiger charge is 2.28. The van der Waals surface area contributed by atoms with E-state index in [-0.39, 0.29) is 0 Å². The SMILES string of the molecule is Cc1cc(C)c2c(c1)N(C)c1ncnc(-n3cnc4cc(C)ccc43)c1CC2C. The molecule has 0 aliphatic carbocycles. The maximum atomic E-state index is 4.71. The Kier molecular flexibility index (Phi) is 3.95. The second-order valence-corrected chi connectivity index (χ2v) is 8.28. The summed E-state index contributed by atoms with van der Waals surface area (Å²) in [5.74, 6) is 2.26. The van der Waals surface area contributed by atoms with Crippen molar-refractivity contribution in [3.63, 3.8) is 0 Å². The van der Waals surface area contributed by atoms with Crippen molar-refractivity contribution in [3.8, 4) is 5.82 Å². The van der Waals surface area contributed by atoms with Gasteiger partial charge in [0.2, 0.25) is 0 Å². The first-order valence-electron chi connectivity index (χ1n) is 10.1. The lowest BCUT2D eigenvalue weighted by Crippen LogP contribution is -2.15. The minimum atomic E-state index is 0.371. The van der Waals surface area contributed by atoms with Crippen LogP contribution in [0.25, 0.3) is 16.9 Å². The number of hydrogen-bond acceptors (Lipinski definition) is 4. The topological polar surface area (TPSA) is 46.8 Å². The molecule has 1 aliphatic heterocycles. The van der Waals surface area contributed by atoms with Crippen molar-refractivity contribution >= 4 is 22.5 Å². The second kappa shape index (κ2) is 6.41. The van der Waals surface area contributed by atoms with Gasteiger partial charge in [-0.05, 0) is 73.6 Å². The van der Waals surface area contributed by atoms with Gasteiger partial charge in [0.15, 0.2) is 0 Å². The van der Waals surface area contributed by atoms with Gasteiger partial charge >= 0.3 is 0 Å². The van der Waals surface area contributed by atoms with Crippen molar-refractivity contribution in [1.29, 1.82) is 0 Å². The zero-order chi connectivity index (χ0) is 20.3. The number of rotatable bonds is 1. The normalized spacial score (nSPS) is 15.9. The van der Waals surface area contributed by atoms with Gasteiger partial charge in [-0.1, -0.05) is 19.1 Å². The molecule has 0 bridgehead atoms. The Hall–Kier alpha value is -3.21. The first-order valence-corrected chi connectivity index (χ1v) is 10.1. The van der Waals surface area contributed by atoms with Crippen molar-refractivity contribution in [2.75, 3.05) is 11.9 Å². The molecule has 1 unspecified atom stereocenters. The number of hydrogen-bond donors (Lipinski definition) is 0. The highest BCUT2D eigenvalue weighted by Crippen LogP contribution is 2.42. The van der Waals surface area contributed by atoms with E-state index in [9.17, 15) is 0 Å². The van der Waals surface area contributed by atoms with Crippen LogP contribution in [-0.2, 0) is 6.42 Å². The Labute approximate surface area is 171 Å². The van der Waals surface area contributed by atoms with Gasteiger partial charge in [-0.15, -0.1) is 0 Å². The van der Waals surface area contributed by atoms with Gasteiger partial charge in [0.05, 0.1) is 11.0 Å². The van der Waals surface area contributed by atoms with Crippen LogP contribution in [0.2, 0.25) is 0 Å². The van der Waals surface area contributed by atoms with E-state index < -0.39 is 0 Å². The molecule has 0 radical (unpaired) electrons. The largest absolute Gasteiger partial charge is 0.329 e. The molecule has 0 N–H and O–H groups in total. The fourth-order valence-corrected chi connectivity index (χ4v) is 4.76. The number of aromatic nitrogens is 4. The van der Waals surface area contributed by atoms with E-state index in [4.69, 9.17) is 9.97 Å². The minimum absolute atomic E-state index is 0.371. The predicted molar refractivity (Wildman–Crippen MR) is 117 cm³/mol. The Morgan fingerprint density at radius 2 is 1.72 bits per heavy atom. The van der Waals surface area contributed by atoms with E-state index in [2.05, 4.69) is 79.5 Å². The highest BCUT2D eigenvalue weighted by atomic mass is 15.2. The van der Waals surface area contributed by atoms with Crippen LogP contribution in [-0.4, -0.2) is 26.6 Å². The van der Waals surface area contributed by atoms with Crippen LogP contribution in [0, 0.1) is 20.8 Å². The van der Waals surface area contributed by atoms with Crippen LogP contribution in [0.3, 0.4) is 0 Å². The van der Waals surface area contributed by atoms with Gasteiger partial charge in [-0.25, -0.2) is 15.0 Å². The van der Waals surface area contributed by atoms with E-state index in [1.165, 1.54) is 27.9 Å². The van der Waals surface area contributed by atoms with Crippen molar-refractivity contribution in [1.82, 2.24) is 19.5 Å². The molecule has 3 heterocycles. The first-order chi connectivity index (χ1) is 13.9. The van der Waals surface area contributed by atoms with Crippen LogP contribution in [0.5, 0.6) is 0 Å². The Morgan fingerprint density at radius 3 is 2.55 bits per heavy atom. The summed E-state index contributed by atoms with van der Waals surface area (Å²) in [6.45, 7) is 8.76. The lowest BCUT2D eigenvalue weighted by Gasteiger charge is -2.23. The van der Waals surface area contributed by atoms with Gasteiger partial charge in [-0.3, -0.25) is 4.57 Å². The fourth-order valence-electron chi connectivity index (χ4n) is 4.76. The van der Waals surface area contributed by atoms with Gasteiger partial charge in [0.25, 0.3) is 0 Å². The molecule has 5 rings (SSSR count). The molecule has 0 amide bonds. The third-order valence-electron chi connectivity index (χ3n) is 6.02. The zero-order valence-electron chi connectivity index (χ0n) is 17.6. The minimum Gasteiger partial charge on any atom is -0.329 e. The molecule has 0 spiro atoms. The molecule has 1 atom stereocenters. The number of anilines is 2. The molecular weight excluding hydrogens is 358 g/mol. The van der Waals surface area contributed by atoms with E-state index in [1.807, 2.05) is 6.33 Å².